The van der Waals surface area contributed by atoms with E-state index in [-0.39, 0.29) is 14.9 Å². The van der Waals surface area contributed by atoms with E-state index in [2.05, 4.69) is 86.6 Å². The zero-order valence-corrected chi connectivity index (χ0v) is 18.2. The molecule has 0 spiro atoms. The Hall–Kier alpha value is -1.96. The zero-order valence-electron chi connectivity index (χ0n) is 16.4. The number of hydrogen-bond acceptors (Lipinski definition) is 2. The molecule has 0 fully saturated rings. The van der Waals surface area contributed by atoms with Gasteiger partial charge < -0.3 is 14.9 Å². The summed E-state index contributed by atoms with van der Waals surface area (Å²) < 4.78 is 2.23. The second-order valence-electron chi connectivity index (χ2n) is 6.47. The molecule has 0 atom stereocenters. The topological polar surface area (TPSA) is 3.24 Å². The van der Waals surface area contributed by atoms with E-state index < -0.39 is 0 Å². The molecule has 0 radical (unpaired) electrons. The van der Waals surface area contributed by atoms with Crippen molar-refractivity contribution in [2.24, 2.45) is 0 Å². The fourth-order valence-electron chi connectivity index (χ4n) is 3.26. The first kappa shape index (κ1) is 21.3. The standard InChI is InChI=1S/C22H19NS.2CH3.Ni/c1-15-8-4-5-9-17(15)22-18-10-6-7-11-20(18)24-21-14-16(23(2)3)12-13-19(21)22;;;/h4-6,8-14H,1-3H3;2*1H3;/q;2*-1;. The van der Waals surface area contributed by atoms with Crippen molar-refractivity contribution in [2.75, 3.05) is 19.0 Å². The summed E-state index contributed by atoms with van der Waals surface area (Å²) in [7, 11) is 4.16. The molecule has 1 heterocycles. The van der Waals surface area contributed by atoms with Gasteiger partial charge in [0.15, 0.2) is 0 Å². The van der Waals surface area contributed by atoms with Crippen molar-refractivity contribution in [1.82, 2.24) is 0 Å². The molecule has 0 saturated carbocycles. The predicted molar refractivity (Wildman–Crippen MR) is 119 cm³/mol. The number of rotatable bonds is 2. The fourth-order valence-corrected chi connectivity index (χ4v) is 4.73. The first-order valence-electron chi connectivity index (χ1n) is 8.24. The van der Waals surface area contributed by atoms with Crippen LogP contribution in [0.25, 0.3) is 31.7 Å². The summed E-state index contributed by atoms with van der Waals surface area (Å²) in [6.07, 6.45) is 0. The van der Waals surface area contributed by atoms with E-state index in [4.69, 9.17) is 15.0 Å². The average molecular weight is 418 g/mol. The van der Waals surface area contributed by atoms with E-state index in [1.54, 1.807) is 0 Å². The summed E-state index contributed by atoms with van der Waals surface area (Å²) in [5.74, 6) is 0. The Kier molecular flexibility index (Phi) is 6.62. The maximum absolute atomic E-state index is 5.09. The molecule has 0 unspecified atom stereocenters. The van der Waals surface area contributed by atoms with Crippen molar-refractivity contribution in [3.8, 4) is 21.6 Å². The van der Waals surface area contributed by atoms with Gasteiger partial charge in [0.05, 0.1) is 0 Å². The molecule has 4 rings (SSSR count). The number of nitrogens with zero attached hydrogens (tertiary/aromatic N) is 1. The van der Waals surface area contributed by atoms with E-state index in [0.29, 0.717) is 0 Å². The number of anilines is 1. The maximum Gasteiger partial charge on any atom is -0.358 e. The summed E-state index contributed by atoms with van der Waals surface area (Å²) in [6.45, 7) is 2.18. The molecule has 0 saturated heterocycles. The van der Waals surface area contributed by atoms with E-state index in [0.717, 1.165) is 4.14 Å². The van der Waals surface area contributed by atoms with Crippen LogP contribution in [-0.2, 0) is 15.0 Å². The third-order valence-corrected chi connectivity index (χ3v) is 6.00. The predicted octanol–water partition coefficient (Wildman–Crippen LogP) is 7.03. The molecule has 1 nitrogen and oxygen atoms in total. The summed E-state index contributed by atoms with van der Waals surface area (Å²) in [4.78, 5) is 3.40. The Bertz CT molecular complexity index is 1110. The summed E-state index contributed by atoms with van der Waals surface area (Å²) in [6, 6.07) is 21.7. The molecule has 144 valence electrons. The molecule has 0 N–H and O–H groups in total. The van der Waals surface area contributed by atoms with Gasteiger partial charge in [0.25, 0.3) is 0 Å². The van der Waals surface area contributed by atoms with Gasteiger partial charge in [-0.25, -0.2) is 0 Å². The quantitative estimate of drug-likeness (QED) is 0.192. The number of hydrogen-bond donors (Lipinski definition) is 0. The molecule has 0 amide bonds. The van der Waals surface area contributed by atoms with Crippen LogP contribution in [0.2, 0.25) is 0 Å². The van der Waals surface area contributed by atoms with Crippen LogP contribution in [0.1, 0.15) is 5.56 Å². The van der Waals surface area contributed by atoms with Crippen LogP contribution >= 0.6 is 11.3 Å². The monoisotopic (exact) mass is 417 g/mol. The van der Waals surface area contributed by atoms with Crippen molar-refractivity contribution in [3.63, 3.8) is 0 Å². The molecular weight excluding hydrogens is 393 g/mol. The van der Waals surface area contributed by atoms with Gasteiger partial charge in [-0.3, -0.25) is 0 Å². The average Bonchev–Trinajstić information content (AvgIpc) is 2.59. The Morgan fingerprint density at radius 3 is 2.30 bits per heavy atom. The first-order valence-corrected chi connectivity index (χ1v) is 9.55. The van der Waals surface area contributed by atoms with Crippen molar-refractivity contribution < 1.29 is 15.0 Å². The summed E-state index contributed by atoms with van der Waals surface area (Å²) >= 11 is 6.91. The van der Waals surface area contributed by atoms with Crippen LogP contribution in [0, 0.1) is 25.9 Å². The van der Waals surface area contributed by atoms with Crippen LogP contribution in [0.15, 0.2) is 60.7 Å². The Labute approximate surface area is 174 Å². The summed E-state index contributed by atoms with van der Waals surface area (Å²) in [5.41, 5.74) is 6.40. The van der Waals surface area contributed by atoms with Gasteiger partial charge in [-0.2, -0.15) is 0 Å². The van der Waals surface area contributed by atoms with Crippen LogP contribution in [0.5, 0.6) is 0 Å². The molecule has 1 aliphatic heterocycles. The van der Waals surface area contributed by atoms with Crippen molar-refractivity contribution in [1.29, 1.82) is 0 Å². The smallest absolute Gasteiger partial charge is 0.358 e. The SMILES string of the molecule is Cc1ccccc1-c1c2cc[c](=[Ni])cc-2sc2cc(N(C)C)ccc12.[CH3-].[CH3-]. The molecule has 1 aliphatic carbocycles. The fraction of sp³-hybridized carbons (Fsp3) is 0.125. The van der Waals surface area contributed by atoms with Gasteiger partial charge in [-0.05, 0) is 0 Å². The van der Waals surface area contributed by atoms with E-state index in [9.17, 15) is 0 Å². The number of benzene rings is 3. The third-order valence-electron chi connectivity index (χ3n) is 4.58. The van der Waals surface area contributed by atoms with Gasteiger partial charge in [0.1, 0.15) is 0 Å². The molecule has 0 aromatic heterocycles. The molecule has 3 heteroatoms. The van der Waals surface area contributed by atoms with Crippen molar-refractivity contribution >= 4 is 27.1 Å². The van der Waals surface area contributed by atoms with Crippen molar-refractivity contribution in [2.45, 2.75) is 6.92 Å². The second-order valence-corrected chi connectivity index (χ2v) is 8.13. The normalized spacial score (nSPS) is 10.4. The van der Waals surface area contributed by atoms with Gasteiger partial charge in [-0.15, -0.1) is 0 Å². The zero-order chi connectivity index (χ0) is 17.6. The second kappa shape index (κ2) is 8.38. The third kappa shape index (κ3) is 3.86. The maximum atomic E-state index is 5.09. The Balaban J connectivity index is 0.00000131. The molecule has 2 aromatic carbocycles. The number of fused-ring (bicyclic) bond motifs is 2. The molecule has 2 aromatic rings. The van der Waals surface area contributed by atoms with E-state index >= 15 is 0 Å². The molecule has 0 bridgehead atoms. The largest absolute Gasteiger partial charge is 0.358 e. The van der Waals surface area contributed by atoms with E-state index in [1.807, 2.05) is 11.3 Å². The van der Waals surface area contributed by atoms with Gasteiger partial charge in [0, 0.05) is 0 Å². The van der Waals surface area contributed by atoms with Crippen molar-refractivity contribution in [3.05, 3.63) is 85.2 Å². The van der Waals surface area contributed by atoms with Crippen LogP contribution in [0.3, 0.4) is 0 Å². The minimum Gasteiger partial charge on any atom is -0.358 e. The van der Waals surface area contributed by atoms with Crippen LogP contribution in [0.4, 0.5) is 5.69 Å². The van der Waals surface area contributed by atoms with Gasteiger partial charge in [-0.1, -0.05) is 0 Å². The summed E-state index contributed by atoms with van der Waals surface area (Å²) in [5, 5.41) is 1.30. The Morgan fingerprint density at radius 1 is 0.852 bits per heavy atom. The van der Waals surface area contributed by atoms with E-state index in [1.165, 1.54) is 42.9 Å². The minimum absolute atomic E-state index is 0. The van der Waals surface area contributed by atoms with Gasteiger partial charge in [0.2, 0.25) is 0 Å². The first-order chi connectivity index (χ1) is 12.0. The molecule has 27 heavy (non-hydrogen) atoms. The van der Waals surface area contributed by atoms with Crippen LogP contribution in [-0.4, -0.2) is 14.1 Å². The molecular formula is C24H25NNiS-2. The Morgan fingerprint density at radius 2 is 1.59 bits per heavy atom. The van der Waals surface area contributed by atoms with Crippen LogP contribution < -0.4 is 4.90 Å². The minimum atomic E-state index is 0. The molecule has 2 aliphatic rings. The van der Waals surface area contributed by atoms with Gasteiger partial charge >= 0.3 is 160 Å². The number of aryl methyl sites for hydroxylation is 1.